The van der Waals surface area contributed by atoms with Crippen LogP contribution in [0.1, 0.15) is 19.8 Å². The zero-order valence-electron chi connectivity index (χ0n) is 9.74. The van der Waals surface area contributed by atoms with E-state index in [1.165, 1.54) is 0 Å². The van der Waals surface area contributed by atoms with E-state index in [1.807, 2.05) is 0 Å². The number of carboxylic acids is 1. The summed E-state index contributed by atoms with van der Waals surface area (Å²) in [6.07, 6.45) is 2.21. The molecule has 0 amide bonds. The SMILES string of the molecule is CC(CN1CCOCC1)(NC1CC1)C(=O)O. The Morgan fingerprint density at radius 1 is 1.50 bits per heavy atom. The van der Waals surface area contributed by atoms with Crippen LogP contribution in [0.2, 0.25) is 0 Å². The fourth-order valence-corrected chi connectivity index (χ4v) is 2.06. The number of nitrogens with zero attached hydrogens (tertiary/aromatic N) is 1. The van der Waals surface area contributed by atoms with Crippen molar-refractivity contribution in [2.45, 2.75) is 31.3 Å². The van der Waals surface area contributed by atoms with Crippen molar-refractivity contribution in [2.24, 2.45) is 0 Å². The predicted octanol–water partition coefficient (Wildman–Crippen LogP) is -0.0861. The molecule has 2 N–H and O–H groups in total. The number of rotatable bonds is 5. The first-order chi connectivity index (χ1) is 7.60. The van der Waals surface area contributed by atoms with Gasteiger partial charge in [0.1, 0.15) is 5.54 Å². The van der Waals surface area contributed by atoms with Crippen molar-refractivity contribution in [1.29, 1.82) is 0 Å². The molecule has 5 nitrogen and oxygen atoms in total. The molecule has 0 bridgehead atoms. The van der Waals surface area contributed by atoms with Crippen LogP contribution in [-0.2, 0) is 9.53 Å². The molecule has 1 heterocycles. The molecule has 16 heavy (non-hydrogen) atoms. The smallest absolute Gasteiger partial charge is 0.324 e. The van der Waals surface area contributed by atoms with E-state index in [4.69, 9.17) is 4.74 Å². The number of ether oxygens (including phenoxy) is 1. The van der Waals surface area contributed by atoms with Gasteiger partial charge in [-0.2, -0.15) is 0 Å². The van der Waals surface area contributed by atoms with Crippen LogP contribution < -0.4 is 5.32 Å². The standard InChI is InChI=1S/C11H20N2O3/c1-11(10(14)15,12-9-2-3-9)8-13-4-6-16-7-5-13/h9,12H,2-8H2,1H3,(H,14,15). The van der Waals surface area contributed by atoms with E-state index >= 15 is 0 Å². The van der Waals surface area contributed by atoms with Crippen molar-refractivity contribution < 1.29 is 14.6 Å². The van der Waals surface area contributed by atoms with Crippen molar-refractivity contribution in [3.63, 3.8) is 0 Å². The fourth-order valence-electron chi connectivity index (χ4n) is 2.06. The van der Waals surface area contributed by atoms with Crippen molar-refractivity contribution in [3.05, 3.63) is 0 Å². The molecule has 1 atom stereocenters. The van der Waals surface area contributed by atoms with Gasteiger partial charge in [-0.05, 0) is 19.8 Å². The minimum absolute atomic E-state index is 0.405. The van der Waals surface area contributed by atoms with Crippen LogP contribution in [0, 0.1) is 0 Å². The Morgan fingerprint density at radius 2 is 2.12 bits per heavy atom. The first kappa shape index (κ1) is 11.8. The van der Waals surface area contributed by atoms with Crippen molar-refractivity contribution >= 4 is 5.97 Å². The molecule has 92 valence electrons. The van der Waals surface area contributed by atoms with E-state index in [-0.39, 0.29) is 0 Å². The van der Waals surface area contributed by atoms with E-state index in [1.54, 1.807) is 6.92 Å². The lowest BCUT2D eigenvalue weighted by atomic mass is 10.0. The van der Waals surface area contributed by atoms with Crippen molar-refractivity contribution in [3.8, 4) is 0 Å². The maximum absolute atomic E-state index is 11.3. The van der Waals surface area contributed by atoms with E-state index in [2.05, 4.69) is 10.2 Å². The molecule has 2 aliphatic rings. The Hall–Kier alpha value is -0.650. The van der Waals surface area contributed by atoms with Crippen LogP contribution in [0.3, 0.4) is 0 Å². The number of carboxylic acid groups (broad SMARTS) is 1. The highest BCUT2D eigenvalue weighted by molar-refractivity contribution is 5.78. The predicted molar refractivity (Wildman–Crippen MR) is 59.5 cm³/mol. The lowest BCUT2D eigenvalue weighted by Gasteiger charge is -2.35. The zero-order chi connectivity index (χ0) is 11.6. The van der Waals surface area contributed by atoms with Crippen molar-refractivity contribution in [2.75, 3.05) is 32.8 Å². The Labute approximate surface area is 95.8 Å². The zero-order valence-corrected chi connectivity index (χ0v) is 9.74. The van der Waals surface area contributed by atoms with Crippen molar-refractivity contribution in [1.82, 2.24) is 10.2 Å². The maximum atomic E-state index is 11.3. The molecule has 0 aromatic heterocycles. The number of carbonyl (C=O) groups is 1. The van der Waals surface area contributed by atoms with Crippen LogP contribution in [0.5, 0.6) is 0 Å². The Balaban J connectivity index is 1.91. The summed E-state index contributed by atoms with van der Waals surface area (Å²) in [5.74, 6) is -0.758. The van der Waals surface area contributed by atoms with Gasteiger partial charge >= 0.3 is 5.97 Å². The lowest BCUT2D eigenvalue weighted by molar-refractivity contribution is -0.145. The fraction of sp³-hybridized carbons (Fsp3) is 0.909. The quantitative estimate of drug-likeness (QED) is 0.689. The lowest BCUT2D eigenvalue weighted by Crippen LogP contribution is -2.59. The molecular formula is C11H20N2O3. The van der Waals surface area contributed by atoms with Gasteiger partial charge in [-0.3, -0.25) is 15.0 Å². The monoisotopic (exact) mass is 228 g/mol. The number of hydrogen-bond acceptors (Lipinski definition) is 4. The largest absolute Gasteiger partial charge is 0.480 e. The molecule has 2 rings (SSSR count). The summed E-state index contributed by atoms with van der Waals surface area (Å²) >= 11 is 0. The average Bonchev–Trinajstić information content (AvgIpc) is 3.02. The van der Waals surface area contributed by atoms with E-state index in [0.717, 1.165) is 25.9 Å². The summed E-state index contributed by atoms with van der Waals surface area (Å²) in [5.41, 5.74) is -0.821. The third-order valence-electron chi connectivity index (χ3n) is 3.22. The molecule has 5 heteroatoms. The van der Waals surface area contributed by atoms with Gasteiger partial charge in [0.25, 0.3) is 0 Å². The van der Waals surface area contributed by atoms with Crippen LogP contribution in [-0.4, -0.2) is 60.4 Å². The van der Waals surface area contributed by atoms with Crippen LogP contribution in [0.4, 0.5) is 0 Å². The molecule has 1 aliphatic heterocycles. The third kappa shape index (κ3) is 2.93. The first-order valence-corrected chi connectivity index (χ1v) is 5.91. The molecule has 1 aliphatic carbocycles. The number of morpholine rings is 1. The first-order valence-electron chi connectivity index (χ1n) is 5.91. The Morgan fingerprint density at radius 3 is 2.62 bits per heavy atom. The van der Waals surface area contributed by atoms with Gasteiger partial charge < -0.3 is 9.84 Å². The van der Waals surface area contributed by atoms with Gasteiger partial charge in [0.15, 0.2) is 0 Å². The highest BCUT2D eigenvalue weighted by atomic mass is 16.5. The molecule has 2 fully saturated rings. The molecule has 1 unspecified atom stereocenters. The topological polar surface area (TPSA) is 61.8 Å². The molecule has 0 radical (unpaired) electrons. The summed E-state index contributed by atoms with van der Waals surface area (Å²) in [6, 6.07) is 0.405. The van der Waals surface area contributed by atoms with Gasteiger partial charge in [0, 0.05) is 25.7 Å². The second-order valence-corrected chi connectivity index (χ2v) is 4.94. The van der Waals surface area contributed by atoms with Gasteiger partial charge in [-0.1, -0.05) is 0 Å². The Kier molecular flexibility index (Phi) is 3.47. The van der Waals surface area contributed by atoms with Gasteiger partial charge in [-0.15, -0.1) is 0 Å². The van der Waals surface area contributed by atoms with Crippen LogP contribution in [0.15, 0.2) is 0 Å². The Bertz CT molecular complexity index is 262. The summed E-state index contributed by atoms with van der Waals surface area (Å²) in [6.45, 7) is 5.41. The van der Waals surface area contributed by atoms with Gasteiger partial charge in [-0.25, -0.2) is 0 Å². The summed E-state index contributed by atoms with van der Waals surface area (Å²) in [4.78, 5) is 13.5. The minimum atomic E-state index is -0.821. The van der Waals surface area contributed by atoms with Gasteiger partial charge in [0.05, 0.1) is 13.2 Å². The average molecular weight is 228 g/mol. The summed E-state index contributed by atoms with van der Waals surface area (Å²) in [5, 5.41) is 12.6. The number of hydrogen-bond donors (Lipinski definition) is 2. The minimum Gasteiger partial charge on any atom is -0.480 e. The molecule has 1 saturated heterocycles. The maximum Gasteiger partial charge on any atom is 0.324 e. The molecule has 0 aromatic carbocycles. The van der Waals surface area contributed by atoms with Crippen LogP contribution in [0.25, 0.3) is 0 Å². The third-order valence-corrected chi connectivity index (χ3v) is 3.22. The number of aliphatic carboxylic acids is 1. The number of nitrogens with one attached hydrogen (secondary N) is 1. The van der Waals surface area contributed by atoms with Gasteiger partial charge in [0.2, 0.25) is 0 Å². The highest BCUT2D eigenvalue weighted by Gasteiger charge is 2.39. The van der Waals surface area contributed by atoms with E-state index in [0.29, 0.717) is 25.8 Å². The summed E-state index contributed by atoms with van der Waals surface area (Å²) in [7, 11) is 0. The van der Waals surface area contributed by atoms with Crippen LogP contribution >= 0.6 is 0 Å². The molecule has 1 saturated carbocycles. The molecule has 0 spiro atoms. The van der Waals surface area contributed by atoms with E-state index in [9.17, 15) is 9.90 Å². The highest BCUT2D eigenvalue weighted by Crippen LogP contribution is 2.23. The summed E-state index contributed by atoms with van der Waals surface area (Å²) < 4.78 is 5.26. The second-order valence-electron chi connectivity index (χ2n) is 4.94. The molecular weight excluding hydrogens is 208 g/mol. The molecule has 0 aromatic rings. The second kappa shape index (κ2) is 4.69. The van der Waals surface area contributed by atoms with E-state index < -0.39 is 11.5 Å². The normalized spacial score (nSPS) is 26.3.